The molecule has 0 unspecified atom stereocenters. The van der Waals surface area contributed by atoms with Crippen LogP contribution in [-0.4, -0.2) is 24.6 Å². The molecule has 0 radical (unpaired) electrons. The third kappa shape index (κ3) is 4.80. The Hall–Kier alpha value is -2.36. The normalized spacial score (nSPS) is 12.9. The molecule has 2 aromatic carbocycles. The van der Waals surface area contributed by atoms with Gasteiger partial charge in [0.1, 0.15) is 29.4 Å². The summed E-state index contributed by atoms with van der Waals surface area (Å²) in [5.74, 6) is -2.06. The molecule has 3 aromatic rings. The Kier molecular flexibility index (Phi) is 6.02. The molecule has 1 heterocycles. The van der Waals surface area contributed by atoms with E-state index in [-0.39, 0.29) is 33.7 Å². The van der Waals surface area contributed by atoms with E-state index in [1.807, 2.05) is 0 Å². The minimum Gasteiger partial charge on any atom is -0.361 e. The van der Waals surface area contributed by atoms with Gasteiger partial charge in [0, 0.05) is 17.9 Å². The number of H-pyrrole nitrogens is 1. The van der Waals surface area contributed by atoms with Crippen molar-refractivity contribution in [3.8, 4) is 0 Å². The molecule has 0 amide bonds. The van der Waals surface area contributed by atoms with Gasteiger partial charge < -0.3 is 9.72 Å². The first-order chi connectivity index (χ1) is 13.6. The Morgan fingerprint density at radius 3 is 2.45 bits per heavy atom. The molecule has 154 valence electrons. The summed E-state index contributed by atoms with van der Waals surface area (Å²) in [5, 5.41) is -0.335. The van der Waals surface area contributed by atoms with Crippen molar-refractivity contribution >= 4 is 21.4 Å². The average molecular weight is 445 g/mol. The van der Waals surface area contributed by atoms with Crippen molar-refractivity contribution in [3.63, 3.8) is 0 Å². The average Bonchev–Trinajstić information content (AvgIpc) is 3.01. The van der Waals surface area contributed by atoms with Crippen molar-refractivity contribution in [1.82, 2.24) is 9.97 Å². The van der Waals surface area contributed by atoms with Crippen molar-refractivity contribution in [2.45, 2.75) is 24.7 Å². The highest BCUT2D eigenvalue weighted by Crippen LogP contribution is 2.30. The summed E-state index contributed by atoms with van der Waals surface area (Å²) >= 11 is 5.86. The standard InChI is InChI=1S/C19H16ClF3N2O3S/c1-10-19(29(2,26)27)25-18(24-10)17(11-4-6-15(22)14(20)7-11)28-9-12-3-5-13(21)8-16(12)23/h3-8,17H,9H2,1-2H3,(H,24,25)/t17-/m1/s1. The van der Waals surface area contributed by atoms with E-state index in [0.717, 1.165) is 24.5 Å². The maximum atomic E-state index is 14.0. The third-order valence-electron chi connectivity index (χ3n) is 4.12. The van der Waals surface area contributed by atoms with Crippen molar-refractivity contribution in [2.75, 3.05) is 6.26 Å². The van der Waals surface area contributed by atoms with Gasteiger partial charge in [0.25, 0.3) is 0 Å². The molecule has 0 spiro atoms. The van der Waals surface area contributed by atoms with Crippen LogP contribution in [0.5, 0.6) is 0 Å². The fourth-order valence-electron chi connectivity index (χ4n) is 2.77. The van der Waals surface area contributed by atoms with E-state index in [1.165, 1.54) is 25.1 Å². The number of nitrogens with one attached hydrogen (secondary N) is 1. The molecule has 0 fully saturated rings. The van der Waals surface area contributed by atoms with Crippen molar-refractivity contribution in [1.29, 1.82) is 0 Å². The fraction of sp³-hybridized carbons (Fsp3) is 0.211. The number of aromatic nitrogens is 2. The lowest BCUT2D eigenvalue weighted by Crippen LogP contribution is -2.10. The van der Waals surface area contributed by atoms with Crippen LogP contribution in [0.1, 0.15) is 28.7 Å². The second kappa shape index (κ2) is 8.17. The van der Waals surface area contributed by atoms with Crippen LogP contribution in [0.3, 0.4) is 0 Å². The summed E-state index contributed by atoms with van der Waals surface area (Å²) in [4.78, 5) is 6.94. The topological polar surface area (TPSA) is 72.0 Å². The Balaban J connectivity index is 2.01. The molecule has 0 bridgehead atoms. The predicted octanol–water partition coefficient (Wildman–Crippen LogP) is 4.50. The number of rotatable bonds is 6. The summed E-state index contributed by atoms with van der Waals surface area (Å²) < 4.78 is 70.2. The number of benzene rings is 2. The van der Waals surface area contributed by atoms with Gasteiger partial charge in [-0.3, -0.25) is 0 Å². The predicted molar refractivity (Wildman–Crippen MR) is 101 cm³/mol. The van der Waals surface area contributed by atoms with Crippen LogP contribution >= 0.6 is 11.6 Å². The summed E-state index contributed by atoms with van der Waals surface area (Å²) in [7, 11) is -3.61. The number of halogens is 4. The smallest absolute Gasteiger partial charge is 0.194 e. The number of imidazole rings is 1. The summed E-state index contributed by atoms with van der Waals surface area (Å²) in [6, 6.07) is 6.87. The maximum absolute atomic E-state index is 14.0. The molecule has 3 rings (SSSR count). The largest absolute Gasteiger partial charge is 0.361 e. The first kappa shape index (κ1) is 21.4. The summed E-state index contributed by atoms with van der Waals surface area (Å²) in [5.41, 5.74) is 0.737. The van der Waals surface area contributed by atoms with Gasteiger partial charge in [0.2, 0.25) is 0 Å². The number of aromatic amines is 1. The van der Waals surface area contributed by atoms with Gasteiger partial charge in [-0.1, -0.05) is 23.7 Å². The van der Waals surface area contributed by atoms with E-state index in [9.17, 15) is 21.6 Å². The van der Waals surface area contributed by atoms with Crippen LogP contribution in [-0.2, 0) is 21.2 Å². The Morgan fingerprint density at radius 2 is 1.86 bits per heavy atom. The van der Waals surface area contributed by atoms with Gasteiger partial charge >= 0.3 is 0 Å². The minimum absolute atomic E-state index is 0.0798. The van der Waals surface area contributed by atoms with E-state index in [2.05, 4.69) is 9.97 Å². The molecule has 0 aliphatic rings. The molecule has 0 saturated heterocycles. The van der Waals surface area contributed by atoms with Crippen LogP contribution in [0.2, 0.25) is 5.02 Å². The molecule has 29 heavy (non-hydrogen) atoms. The van der Waals surface area contributed by atoms with Crippen LogP contribution in [0, 0.1) is 24.4 Å². The van der Waals surface area contributed by atoms with Gasteiger partial charge in [0.15, 0.2) is 14.9 Å². The van der Waals surface area contributed by atoms with Crippen molar-refractivity contribution in [2.24, 2.45) is 0 Å². The second-order valence-electron chi connectivity index (χ2n) is 6.42. The lowest BCUT2D eigenvalue weighted by molar-refractivity contribution is 0.0595. The number of hydrogen-bond acceptors (Lipinski definition) is 4. The molecule has 1 N–H and O–H groups in total. The number of sulfone groups is 1. The molecular weight excluding hydrogens is 429 g/mol. The van der Waals surface area contributed by atoms with Gasteiger partial charge in [0.05, 0.1) is 17.3 Å². The minimum atomic E-state index is -3.61. The van der Waals surface area contributed by atoms with Crippen LogP contribution in [0.4, 0.5) is 13.2 Å². The number of aryl methyl sites for hydroxylation is 1. The van der Waals surface area contributed by atoms with Crippen molar-refractivity contribution < 1.29 is 26.3 Å². The fourth-order valence-corrected chi connectivity index (χ4v) is 3.83. The van der Waals surface area contributed by atoms with Crippen LogP contribution in [0.15, 0.2) is 41.4 Å². The van der Waals surface area contributed by atoms with Crippen LogP contribution < -0.4 is 0 Å². The monoisotopic (exact) mass is 444 g/mol. The van der Waals surface area contributed by atoms with Gasteiger partial charge in [-0.25, -0.2) is 26.6 Å². The zero-order valence-electron chi connectivity index (χ0n) is 15.3. The number of hydrogen-bond donors (Lipinski definition) is 1. The lowest BCUT2D eigenvalue weighted by Gasteiger charge is -2.17. The zero-order valence-corrected chi connectivity index (χ0v) is 16.9. The molecule has 10 heteroatoms. The van der Waals surface area contributed by atoms with E-state index < -0.39 is 33.4 Å². The van der Waals surface area contributed by atoms with Crippen LogP contribution in [0.25, 0.3) is 0 Å². The zero-order chi connectivity index (χ0) is 21.3. The highest BCUT2D eigenvalue weighted by atomic mass is 35.5. The molecule has 0 aliphatic heterocycles. The number of ether oxygens (including phenoxy) is 1. The van der Waals surface area contributed by atoms with E-state index in [4.69, 9.17) is 16.3 Å². The van der Waals surface area contributed by atoms with E-state index in [1.54, 1.807) is 0 Å². The Labute approximate surface area is 170 Å². The molecule has 1 aromatic heterocycles. The first-order valence-corrected chi connectivity index (χ1v) is 10.6. The molecule has 0 aliphatic carbocycles. The SMILES string of the molecule is Cc1[nH]c([C@H](OCc2ccc(F)cc2F)c2ccc(F)c(Cl)c2)nc1S(C)(=O)=O. The number of nitrogens with zero attached hydrogens (tertiary/aromatic N) is 1. The Morgan fingerprint density at radius 1 is 1.14 bits per heavy atom. The maximum Gasteiger partial charge on any atom is 0.194 e. The first-order valence-electron chi connectivity index (χ1n) is 8.33. The molecule has 0 saturated carbocycles. The second-order valence-corrected chi connectivity index (χ2v) is 8.76. The highest BCUT2D eigenvalue weighted by molar-refractivity contribution is 7.90. The molecular formula is C19H16ClF3N2O3S. The Bertz CT molecular complexity index is 1170. The third-order valence-corrected chi connectivity index (χ3v) is 5.51. The lowest BCUT2D eigenvalue weighted by atomic mass is 10.1. The van der Waals surface area contributed by atoms with Crippen molar-refractivity contribution in [3.05, 3.63) is 81.5 Å². The van der Waals surface area contributed by atoms with E-state index in [0.29, 0.717) is 5.56 Å². The van der Waals surface area contributed by atoms with Gasteiger partial charge in [-0.2, -0.15) is 0 Å². The molecule has 5 nitrogen and oxygen atoms in total. The highest BCUT2D eigenvalue weighted by Gasteiger charge is 2.25. The summed E-state index contributed by atoms with van der Waals surface area (Å²) in [6.45, 7) is 1.25. The quantitative estimate of drug-likeness (QED) is 0.607. The van der Waals surface area contributed by atoms with Gasteiger partial charge in [-0.05, 0) is 30.7 Å². The van der Waals surface area contributed by atoms with E-state index >= 15 is 0 Å². The summed E-state index contributed by atoms with van der Waals surface area (Å²) in [6.07, 6.45) is 0.00474. The molecule has 1 atom stereocenters. The van der Waals surface area contributed by atoms with Gasteiger partial charge in [-0.15, -0.1) is 0 Å².